The number of hydrogen-bond acceptors (Lipinski definition) is 4. The van der Waals surface area contributed by atoms with Crippen LogP contribution in [0.3, 0.4) is 0 Å². The molecule has 0 radical (unpaired) electrons. The van der Waals surface area contributed by atoms with Crippen LogP contribution in [0.4, 0.5) is 0 Å². The number of benzene rings is 2. The van der Waals surface area contributed by atoms with Gasteiger partial charge in [0.05, 0.1) is 20.2 Å². The van der Waals surface area contributed by atoms with Gasteiger partial charge in [-0.05, 0) is 54.8 Å². The largest absolute Gasteiger partial charge is 0.497 e. The molecule has 0 bridgehead atoms. The molecule has 2 amide bonds. The Morgan fingerprint density at radius 1 is 1.18 bits per heavy atom. The molecule has 8 heteroatoms. The number of amides is 2. The highest BCUT2D eigenvalue weighted by atomic mass is 35.5. The topological polar surface area (TPSA) is 76.5 Å². The highest BCUT2D eigenvalue weighted by Crippen LogP contribution is 2.27. The number of nitrogens with zero attached hydrogens (tertiary/aromatic N) is 3. The zero-order valence-electron chi connectivity index (χ0n) is 18.4. The van der Waals surface area contributed by atoms with Gasteiger partial charge in [0.25, 0.3) is 11.8 Å². The maximum absolute atomic E-state index is 13.1. The maximum atomic E-state index is 13.1. The number of ether oxygens (including phenoxy) is 1. The fourth-order valence-electron chi connectivity index (χ4n) is 4.18. The third kappa shape index (κ3) is 4.59. The molecule has 2 aromatic carbocycles. The molecule has 1 saturated carbocycles. The summed E-state index contributed by atoms with van der Waals surface area (Å²) in [5.74, 6) is 0.533. The van der Waals surface area contributed by atoms with Crippen LogP contribution in [0.5, 0.6) is 5.75 Å². The van der Waals surface area contributed by atoms with Crippen LogP contribution in [0, 0.1) is 0 Å². The molecule has 1 fully saturated rings. The third-order valence-electron chi connectivity index (χ3n) is 6.11. The standard InChI is InChI=1S/C25H25ClN4O3/c1-33-20-4-2-3-16(13-20)14-30-22-11-12-29(25(32)17-5-7-18(26)8-6-17)15-21(22)23(28-30)24(31)27-19-9-10-19/h2-8,13,19H,9-12,14-15H2,1H3,(H,27,31). The van der Waals surface area contributed by atoms with E-state index in [4.69, 9.17) is 21.4 Å². The fraction of sp³-hybridized carbons (Fsp3) is 0.320. The number of carbonyl (C=O) groups is 2. The van der Waals surface area contributed by atoms with Gasteiger partial charge in [-0.1, -0.05) is 23.7 Å². The molecule has 1 aliphatic heterocycles. The van der Waals surface area contributed by atoms with Gasteiger partial charge in [-0.3, -0.25) is 14.3 Å². The molecule has 33 heavy (non-hydrogen) atoms. The molecular formula is C25H25ClN4O3. The summed E-state index contributed by atoms with van der Waals surface area (Å²) in [6.07, 6.45) is 2.63. The molecule has 170 valence electrons. The van der Waals surface area contributed by atoms with Gasteiger partial charge in [-0.2, -0.15) is 5.10 Å². The number of rotatable bonds is 6. The molecule has 0 atom stereocenters. The van der Waals surface area contributed by atoms with Gasteiger partial charge in [-0.15, -0.1) is 0 Å². The Kier molecular flexibility index (Phi) is 5.81. The van der Waals surface area contributed by atoms with Crippen molar-refractivity contribution in [3.05, 3.63) is 81.6 Å². The number of halogens is 1. The number of aromatic nitrogens is 2. The van der Waals surface area contributed by atoms with Crippen LogP contribution in [0.15, 0.2) is 48.5 Å². The van der Waals surface area contributed by atoms with E-state index >= 15 is 0 Å². The molecule has 1 aromatic heterocycles. The van der Waals surface area contributed by atoms with Gasteiger partial charge >= 0.3 is 0 Å². The second kappa shape index (κ2) is 8.90. The van der Waals surface area contributed by atoms with Crippen LogP contribution in [-0.2, 0) is 19.5 Å². The van der Waals surface area contributed by atoms with Crippen LogP contribution in [0.1, 0.15) is 50.5 Å². The van der Waals surface area contributed by atoms with Crippen LogP contribution < -0.4 is 10.1 Å². The van der Waals surface area contributed by atoms with E-state index < -0.39 is 0 Å². The van der Waals surface area contributed by atoms with Gasteiger partial charge < -0.3 is 15.0 Å². The van der Waals surface area contributed by atoms with Gasteiger partial charge in [-0.25, -0.2) is 0 Å². The van der Waals surface area contributed by atoms with Crippen molar-refractivity contribution in [1.82, 2.24) is 20.0 Å². The lowest BCUT2D eigenvalue weighted by Crippen LogP contribution is -2.37. The minimum Gasteiger partial charge on any atom is -0.497 e. The van der Waals surface area contributed by atoms with E-state index in [0.717, 1.165) is 35.4 Å². The maximum Gasteiger partial charge on any atom is 0.272 e. The van der Waals surface area contributed by atoms with Crippen molar-refractivity contribution in [3.63, 3.8) is 0 Å². The van der Waals surface area contributed by atoms with E-state index in [1.54, 1.807) is 36.3 Å². The van der Waals surface area contributed by atoms with E-state index in [-0.39, 0.29) is 17.9 Å². The second-order valence-electron chi connectivity index (χ2n) is 8.51. The number of carbonyl (C=O) groups excluding carboxylic acids is 2. The Balaban J connectivity index is 1.45. The summed E-state index contributed by atoms with van der Waals surface area (Å²) < 4.78 is 7.24. The molecule has 3 aromatic rings. The first kappa shape index (κ1) is 21.5. The molecule has 0 saturated heterocycles. The minimum atomic E-state index is -0.168. The molecule has 5 rings (SSSR count). The van der Waals surface area contributed by atoms with E-state index in [1.807, 2.05) is 28.9 Å². The molecular weight excluding hydrogens is 440 g/mol. The quantitative estimate of drug-likeness (QED) is 0.603. The van der Waals surface area contributed by atoms with Gasteiger partial charge in [0, 0.05) is 40.9 Å². The lowest BCUT2D eigenvalue weighted by atomic mass is 10.0. The summed E-state index contributed by atoms with van der Waals surface area (Å²) in [4.78, 5) is 27.9. The number of methoxy groups -OCH3 is 1. The van der Waals surface area contributed by atoms with Crippen molar-refractivity contribution >= 4 is 23.4 Å². The average molecular weight is 465 g/mol. The summed E-state index contributed by atoms with van der Waals surface area (Å²) in [6, 6.07) is 14.9. The van der Waals surface area contributed by atoms with Crippen LogP contribution in [0.25, 0.3) is 0 Å². The molecule has 1 aliphatic carbocycles. The molecule has 2 aliphatic rings. The smallest absolute Gasteiger partial charge is 0.272 e. The highest BCUT2D eigenvalue weighted by Gasteiger charge is 2.32. The monoisotopic (exact) mass is 464 g/mol. The van der Waals surface area contributed by atoms with E-state index in [9.17, 15) is 9.59 Å². The summed E-state index contributed by atoms with van der Waals surface area (Å²) in [7, 11) is 1.64. The molecule has 0 spiro atoms. The van der Waals surface area contributed by atoms with Crippen molar-refractivity contribution in [2.75, 3.05) is 13.7 Å². The lowest BCUT2D eigenvalue weighted by Gasteiger charge is -2.28. The first-order chi connectivity index (χ1) is 16.0. The number of hydrogen-bond donors (Lipinski definition) is 1. The van der Waals surface area contributed by atoms with E-state index in [1.165, 1.54) is 0 Å². The molecule has 0 unspecified atom stereocenters. The van der Waals surface area contributed by atoms with Crippen molar-refractivity contribution in [1.29, 1.82) is 0 Å². The van der Waals surface area contributed by atoms with Crippen molar-refractivity contribution in [2.24, 2.45) is 0 Å². The molecule has 1 N–H and O–H groups in total. The lowest BCUT2D eigenvalue weighted by molar-refractivity contribution is 0.0730. The Labute approximate surface area is 197 Å². The van der Waals surface area contributed by atoms with Gasteiger partial charge in [0.1, 0.15) is 5.75 Å². The van der Waals surface area contributed by atoms with Crippen LogP contribution in [0.2, 0.25) is 5.02 Å². The van der Waals surface area contributed by atoms with Crippen LogP contribution in [-0.4, -0.2) is 46.2 Å². The molecule has 7 nitrogen and oxygen atoms in total. The van der Waals surface area contributed by atoms with Crippen molar-refractivity contribution < 1.29 is 14.3 Å². The van der Waals surface area contributed by atoms with Gasteiger partial charge in [0.15, 0.2) is 5.69 Å². The zero-order chi connectivity index (χ0) is 22.9. The minimum absolute atomic E-state index is 0.0774. The summed E-state index contributed by atoms with van der Waals surface area (Å²) >= 11 is 5.97. The Morgan fingerprint density at radius 3 is 2.70 bits per heavy atom. The normalized spacial score (nSPS) is 15.2. The van der Waals surface area contributed by atoms with E-state index in [0.29, 0.717) is 42.3 Å². The predicted octanol–water partition coefficient (Wildman–Crippen LogP) is 3.68. The van der Waals surface area contributed by atoms with E-state index in [2.05, 4.69) is 5.32 Å². The first-order valence-electron chi connectivity index (χ1n) is 11.1. The first-order valence-corrected chi connectivity index (χ1v) is 11.5. The van der Waals surface area contributed by atoms with Gasteiger partial charge in [0.2, 0.25) is 0 Å². The van der Waals surface area contributed by atoms with Crippen LogP contribution >= 0.6 is 11.6 Å². The highest BCUT2D eigenvalue weighted by molar-refractivity contribution is 6.30. The SMILES string of the molecule is COc1cccc(Cn2nc(C(=O)NC3CC3)c3c2CCN(C(=O)c2ccc(Cl)cc2)C3)c1. The fourth-order valence-corrected chi connectivity index (χ4v) is 4.30. The number of fused-ring (bicyclic) bond motifs is 1. The number of nitrogens with one attached hydrogen (secondary N) is 1. The van der Waals surface area contributed by atoms with Crippen molar-refractivity contribution in [3.8, 4) is 5.75 Å². The Bertz CT molecular complexity index is 1200. The Morgan fingerprint density at radius 2 is 1.97 bits per heavy atom. The van der Waals surface area contributed by atoms with Crippen molar-refractivity contribution in [2.45, 2.75) is 38.4 Å². The predicted molar refractivity (Wildman–Crippen MR) is 125 cm³/mol. The second-order valence-corrected chi connectivity index (χ2v) is 8.95. The summed E-state index contributed by atoms with van der Waals surface area (Å²) in [5, 5.41) is 8.34. The average Bonchev–Trinajstić information content (AvgIpc) is 3.58. The summed E-state index contributed by atoms with van der Waals surface area (Å²) in [5.41, 5.74) is 3.85. The third-order valence-corrected chi connectivity index (χ3v) is 6.36. The summed E-state index contributed by atoms with van der Waals surface area (Å²) in [6.45, 7) is 1.44. The Hall–Kier alpha value is -3.32. The zero-order valence-corrected chi connectivity index (χ0v) is 19.1. The molecule has 2 heterocycles.